The van der Waals surface area contributed by atoms with Crippen LogP contribution in [0.25, 0.3) is 0 Å². The first-order chi connectivity index (χ1) is 9.40. The van der Waals surface area contributed by atoms with Crippen LogP contribution in [0.1, 0.15) is 37.4 Å². The van der Waals surface area contributed by atoms with Crippen molar-refractivity contribution in [2.45, 2.75) is 37.4 Å². The summed E-state index contributed by atoms with van der Waals surface area (Å²) < 4.78 is 0. The van der Waals surface area contributed by atoms with Crippen LogP contribution < -0.4 is 5.32 Å². The number of carbonyl (C=O) groups is 1. The molecule has 1 saturated carbocycles. The summed E-state index contributed by atoms with van der Waals surface area (Å²) >= 11 is 11.7. The minimum atomic E-state index is -1.29. The van der Waals surface area contributed by atoms with E-state index in [0.29, 0.717) is 28.5 Å². The van der Waals surface area contributed by atoms with Gasteiger partial charge in [0.25, 0.3) is 5.91 Å². The topological polar surface area (TPSA) is 69.6 Å². The predicted octanol–water partition coefficient (Wildman–Crippen LogP) is 2.45. The Morgan fingerprint density at radius 2 is 1.80 bits per heavy atom. The third kappa shape index (κ3) is 3.64. The van der Waals surface area contributed by atoms with Crippen LogP contribution in [0.15, 0.2) is 18.2 Å². The molecule has 1 fully saturated rings. The summed E-state index contributed by atoms with van der Waals surface area (Å²) in [6.07, 6.45) is 1.71. The molecule has 0 heterocycles. The smallest absolute Gasteiger partial charge is 0.252 e. The number of aliphatic hydroxyl groups excluding tert-OH is 1. The molecule has 1 aliphatic carbocycles. The van der Waals surface area contributed by atoms with Gasteiger partial charge in [-0.15, -0.1) is 0 Å². The molecular weight excluding hydrogens is 301 g/mol. The maximum atomic E-state index is 11.9. The van der Waals surface area contributed by atoms with E-state index in [1.807, 2.05) is 0 Å². The maximum Gasteiger partial charge on any atom is 0.252 e. The summed E-state index contributed by atoms with van der Waals surface area (Å²) in [5, 5.41) is 23.6. The summed E-state index contributed by atoms with van der Waals surface area (Å²) in [5.41, 5.74) is -0.757. The van der Waals surface area contributed by atoms with Gasteiger partial charge in [0, 0.05) is 16.6 Å². The quantitative estimate of drug-likeness (QED) is 0.799. The van der Waals surface area contributed by atoms with Gasteiger partial charge in [0.05, 0.1) is 6.10 Å². The molecule has 0 saturated heterocycles. The van der Waals surface area contributed by atoms with Gasteiger partial charge in [-0.25, -0.2) is 0 Å². The van der Waals surface area contributed by atoms with Crippen molar-refractivity contribution in [2.24, 2.45) is 0 Å². The molecule has 0 bridgehead atoms. The number of hydrogen-bond acceptors (Lipinski definition) is 3. The highest BCUT2D eigenvalue weighted by Crippen LogP contribution is 2.29. The van der Waals surface area contributed by atoms with E-state index in [1.54, 1.807) is 18.2 Å². The second-order valence-electron chi connectivity index (χ2n) is 5.17. The normalized spacial score (nSPS) is 18.8. The van der Waals surface area contributed by atoms with Gasteiger partial charge in [0.1, 0.15) is 5.60 Å². The van der Waals surface area contributed by atoms with Crippen molar-refractivity contribution in [1.29, 1.82) is 0 Å². The second-order valence-corrected chi connectivity index (χ2v) is 6.04. The number of amides is 1. The lowest BCUT2D eigenvalue weighted by Crippen LogP contribution is -2.45. The Bertz CT molecular complexity index is 481. The number of halogens is 2. The van der Waals surface area contributed by atoms with Gasteiger partial charge in [-0.05, 0) is 49.4 Å². The summed E-state index contributed by atoms with van der Waals surface area (Å²) in [5.74, 6) is -0.429. The molecule has 1 aliphatic rings. The number of carbonyl (C=O) groups excluding carboxylic acids is 1. The zero-order valence-corrected chi connectivity index (χ0v) is 12.4. The largest absolute Gasteiger partial charge is 0.387 e. The molecule has 0 aromatic heterocycles. The number of nitrogens with one attached hydrogen (secondary N) is 1. The first-order valence-corrected chi connectivity index (χ1v) is 7.31. The van der Waals surface area contributed by atoms with Gasteiger partial charge in [-0.3, -0.25) is 4.79 Å². The molecule has 1 unspecified atom stereocenters. The van der Waals surface area contributed by atoms with Gasteiger partial charge in [0.15, 0.2) is 0 Å². The zero-order valence-electron chi connectivity index (χ0n) is 10.9. The van der Waals surface area contributed by atoms with Crippen LogP contribution in [0.4, 0.5) is 0 Å². The fraction of sp³-hybridized carbons (Fsp3) is 0.500. The molecule has 1 aromatic rings. The van der Waals surface area contributed by atoms with E-state index < -0.39 is 17.6 Å². The van der Waals surface area contributed by atoms with Crippen molar-refractivity contribution in [2.75, 3.05) is 6.54 Å². The highest BCUT2D eigenvalue weighted by Gasteiger charge is 2.38. The molecule has 1 aromatic carbocycles. The molecule has 0 aliphatic heterocycles. The van der Waals surface area contributed by atoms with Crippen LogP contribution in [0.3, 0.4) is 0 Å². The SMILES string of the molecule is O=C(NCC(O)c1cc(Cl)cc(Cl)c1)C1(O)CCCC1. The lowest BCUT2D eigenvalue weighted by Gasteiger charge is -2.22. The molecule has 1 amide bonds. The standard InChI is InChI=1S/C14H17Cl2NO3/c15-10-5-9(6-11(16)7-10)12(18)8-17-13(19)14(20)3-1-2-4-14/h5-7,12,18,20H,1-4,8H2,(H,17,19). The minimum absolute atomic E-state index is 0.0117. The lowest BCUT2D eigenvalue weighted by molar-refractivity contribution is -0.139. The third-order valence-electron chi connectivity index (χ3n) is 3.58. The van der Waals surface area contributed by atoms with Crippen LogP contribution >= 0.6 is 23.2 Å². The van der Waals surface area contributed by atoms with Gasteiger partial charge < -0.3 is 15.5 Å². The van der Waals surface area contributed by atoms with E-state index in [9.17, 15) is 15.0 Å². The molecule has 6 heteroatoms. The number of benzene rings is 1. The molecule has 2 rings (SSSR count). The Hall–Kier alpha value is -0.810. The monoisotopic (exact) mass is 317 g/mol. The zero-order chi connectivity index (χ0) is 14.8. The van der Waals surface area contributed by atoms with Crippen LogP contribution in [0.2, 0.25) is 10.0 Å². The molecule has 0 spiro atoms. The lowest BCUT2D eigenvalue weighted by atomic mass is 10.0. The van der Waals surface area contributed by atoms with Crippen LogP contribution in [-0.2, 0) is 4.79 Å². The van der Waals surface area contributed by atoms with Crippen molar-refractivity contribution >= 4 is 29.1 Å². The Morgan fingerprint density at radius 1 is 1.25 bits per heavy atom. The third-order valence-corrected chi connectivity index (χ3v) is 4.02. The highest BCUT2D eigenvalue weighted by molar-refractivity contribution is 6.34. The average molecular weight is 318 g/mol. The van der Waals surface area contributed by atoms with E-state index >= 15 is 0 Å². The molecule has 110 valence electrons. The van der Waals surface area contributed by atoms with E-state index in [-0.39, 0.29) is 6.54 Å². The summed E-state index contributed by atoms with van der Waals surface area (Å²) in [6.45, 7) is 0.0117. The van der Waals surface area contributed by atoms with Crippen LogP contribution in [-0.4, -0.2) is 28.3 Å². The number of rotatable bonds is 4. The van der Waals surface area contributed by atoms with Crippen LogP contribution in [0, 0.1) is 0 Å². The molecule has 1 atom stereocenters. The molecule has 3 N–H and O–H groups in total. The first kappa shape index (κ1) is 15.6. The highest BCUT2D eigenvalue weighted by atomic mass is 35.5. The van der Waals surface area contributed by atoms with Crippen molar-refractivity contribution < 1.29 is 15.0 Å². The maximum absolute atomic E-state index is 11.9. The molecule has 4 nitrogen and oxygen atoms in total. The Kier molecular flexibility index (Phi) is 4.91. The van der Waals surface area contributed by atoms with E-state index in [1.165, 1.54) is 0 Å². The fourth-order valence-corrected chi connectivity index (χ4v) is 2.97. The average Bonchev–Trinajstić information content (AvgIpc) is 2.82. The Labute approximate surface area is 127 Å². The summed E-state index contributed by atoms with van der Waals surface area (Å²) in [4.78, 5) is 11.9. The van der Waals surface area contributed by atoms with Gasteiger partial charge in [-0.2, -0.15) is 0 Å². The van der Waals surface area contributed by atoms with Crippen molar-refractivity contribution in [3.05, 3.63) is 33.8 Å². The fourth-order valence-electron chi connectivity index (χ4n) is 2.43. The van der Waals surface area contributed by atoms with Gasteiger partial charge in [-0.1, -0.05) is 23.2 Å². The summed E-state index contributed by atoms with van der Waals surface area (Å²) in [6, 6.07) is 4.75. The number of aliphatic hydroxyl groups is 2. The van der Waals surface area contributed by atoms with Gasteiger partial charge >= 0.3 is 0 Å². The van der Waals surface area contributed by atoms with Gasteiger partial charge in [0.2, 0.25) is 0 Å². The Morgan fingerprint density at radius 3 is 2.35 bits per heavy atom. The summed E-state index contributed by atoms with van der Waals surface area (Å²) in [7, 11) is 0. The molecular formula is C14H17Cl2NO3. The number of hydrogen-bond donors (Lipinski definition) is 3. The van der Waals surface area contributed by atoms with E-state index in [4.69, 9.17) is 23.2 Å². The second kappa shape index (κ2) is 6.31. The van der Waals surface area contributed by atoms with Crippen molar-refractivity contribution in [3.63, 3.8) is 0 Å². The molecule has 20 heavy (non-hydrogen) atoms. The van der Waals surface area contributed by atoms with Crippen molar-refractivity contribution in [3.8, 4) is 0 Å². The van der Waals surface area contributed by atoms with E-state index in [2.05, 4.69) is 5.32 Å². The van der Waals surface area contributed by atoms with Crippen molar-refractivity contribution in [1.82, 2.24) is 5.32 Å². The first-order valence-electron chi connectivity index (χ1n) is 6.55. The predicted molar refractivity (Wildman–Crippen MR) is 77.8 cm³/mol. The van der Waals surface area contributed by atoms with E-state index in [0.717, 1.165) is 12.8 Å². The van der Waals surface area contributed by atoms with Crippen LogP contribution in [0.5, 0.6) is 0 Å². The Balaban J connectivity index is 1.94. The molecule has 0 radical (unpaired) electrons. The minimum Gasteiger partial charge on any atom is -0.387 e.